The standard InChI is InChI=1S/C22H14ClFO3/c23-16-7-5-14(6-8-16)13-26-17-9-10-18-20(12-17)27-21(22(18)25)11-15-3-1-2-4-19(15)24/h1-12H,13H2/b21-11-. The molecule has 0 unspecified atom stereocenters. The van der Waals surface area contributed by atoms with Crippen LogP contribution in [0.5, 0.6) is 11.5 Å². The number of carbonyl (C=O) groups is 1. The molecule has 1 aliphatic heterocycles. The normalized spacial score (nSPS) is 14.1. The molecule has 27 heavy (non-hydrogen) atoms. The highest BCUT2D eigenvalue weighted by molar-refractivity contribution is 6.30. The van der Waals surface area contributed by atoms with Gasteiger partial charge in [-0.05, 0) is 42.0 Å². The maximum atomic E-state index is 13.8. The molecule has 0 aliphatic carbocycles. The fourth-order valence-corrected chi connectivity index (χ4v) is 2.86. The summed E-state index contributed by atoms with van der Waals surface area (Å²) in [6.07, 6.45) is 1.41. The Hall–Kier alpha value is -3.11. The van der Waals surface area contributed by atoms with Gasteiger partial charge in [-0.25, -0.2) is 4.39 Å². The van der Waals surface area contributed by atoms with E-state index in [0.717, 1.165) is 5.56 Å². The Morgan fingerprint density at radius 3 is 2.59 bits per heavy atom. The third-order valence-electron chi connectivity index (χ3n) is 4.15. The summed E-state index contributed by atoms with van der Waals surface area (Å²) in [6, 6.07) is 18.6. The molecule has 1 heterocycles. The van der Waals surface area contributed by atoms with Crippen LogP contribution in [0.15, 0.2) is 72.5 Å². The minimum atomic E-state index is -0.413. The van der Waals surface area contributed by atoms with Crippen LogP contribution >= 0.6 is 11.6 Å². The minimum absolute atomic E-state index is 0.0879. The summed E-state index contributed by atoms with van der Waals surface area (Å²) in [5, 5.41) is 0.664. The first kappa shape index (κ1) is 17.3. The Kier molecular flexibility index (Phi) is 4.65. The van der Waals surface area contributed by atoms with Gasteiger partial charge in [-0.1, -0.05) is 41.9 Å². The average Bonchev–Trinajstić information content (AvgIpc) is 2.98. The van der Waals surface area contributed by atoms with Crippen molar-refractivity contribution in [1.82, 2.24) is 0 Å². The van der Waals surface area contributed by atoms with Gasteiger partial charge in [0.25, 0.3) is 0 Å². The van der Waals surface area contributed by atoms with Crippen LogP contribution in [0.2, 0.25) is 5.02 Å². The smallest absolute Gasteiger partial charge is 0.231 e. The van der Waals surface area contributed by atoms with Gasteiger partial charge in [0.15, 0.2) is 5.76 Å². The van der Waals surface area contributed by atoms with E-state index in [0.29, 0.717) is 34.3 Å². The maximum Gasteiger partial charge on any atom is 0.231 e. The highest BCUT2D eigenvalue weighted by atomic mass is 35.5. The molecular weight excluding hydrogens is 367 g/mol. The molecular formula is C22H14ClFO3. The molecule has 0 atom stereocenters. The van der Waals surface area contributed by atoms with Crippen LogP contribution < -0.4 is 9.47 Å². The molecule has 0 N–H and O–H groups in total. The van der Waals surface area contributed by atoms with E-state index in [2.05, 4.69) is 0 Å². The van der Waals surface area contributed by atoms with Crippen LogP contribution in [-0.4, -0.2) is 5.78 Å². The van der Waals surface area contributed by atoms with Crippen LogP contribution in [0.4, 0.5) is 4.39 Å². The number of carbonyl (C=O) groups excluding carboxylic acids is 1. The van der Waals surface area contributed by atoms with Gasteiger partial charge in [0.2, 0.25) is 5.78 Å². The van der Waals surface area contributed by atoms with E-state index >= 15 is 0 Å². The zero-order valence-electron chi connectivity index (χ0n) is 14.1. The molecule has 5 heteroatoms. The molecule has 0 amide bonds. The monoisotopic (exact) mass is 380 g/mol. The summed E-state index contributed by atoms with van der Waals surface area (Å²) < 4.78 is 25.2. The van der Waals surface area contributed by atoms with Gasteiger partial charge in [-0.2, -0.15) is 0 Å². The summed E-state index contributed by atoms with van der Waals surface area (Å²) in [5.74, 6) is 0.367. The van der Waals surface area contributed by atoms with Gasteiger partial charge >= 0.3 is 0 Å². The van der Waals surface area contributed by atoms with Gasteiger partial charge < -0.3 is 9.47 Å². The lowest BCUT2D eigenvalue weighted by Gasteiger charge is -2.07. The third-order valence-corrected chi connectivity index (χ3v) is 4.40. The second-order valence-corrected chi connectivity index (χ2v) is 6.47. The van der Waals surface area contributed by atoms with Crippen LogP contribution in [0, 0.1) is 5.82 Å². The summed E-state index contributed by atoms with van der Waals surface area (Å²) in [7, 11) is 0. The molecule has 0 spiro atoms. The Bertz CT molecular complexity index is 1040. The topological polar surface area (TPSA) is 35.5 Å². The first-order valence-electron chi connectivity index (χ1n) is 8.30. The zero-order chi connectivity index (χ0) is 18.8. The maximum absolute atomic E-state index is 13.8. The fraction of sp³-hybridized carbons (Fsp3) is 0.0455. The highest BCUT2D eigenvalue weighted by Crippen LogP contribution is 2.35. The number of hydrogen-bond acceptors (Lipinski definition) is 3. The first-order valence-corrected chi connectivity index (χ1v) is 8.68. The number of ether oxygens (including phenoxy) is 2. The van der Waals surface area contributed by atoms with Crippen LogP contribution in [0.25, 0.3) is 6.08 Å². The summed E-state index contributed by atoms with van der Waals surface area (Å²) >= 11 is 5.87. The van der Waals surface area contributed by atoms with E-state index < -0.39 is 5.82 Å². The van der Waals surface area contributed by atoms with Crippen molar-refractivity contribution < 1.29 is 18.7 Å². The van der Waals surface area contributed by atoms with E-state index in [-0.39, 0.29) is 11.5 Å². The van der Waals surface area contributed by atoms with E-state index in [4.69, 9.17) is 21.1 Å². The average molecular weight is 381 g/mol. The van der Waals surface area contributed by atoms with E-state index in [1.165, 1.54) is 12.1 Å². The molecule has 0 fully saturated rings. The van der Waals surface area contributed by atoms with Crippen molar-refractivity contribution in [3.8, 4) is 11.5 Å². The quantitative estimate of drug-likeness (QED) is 0.547. The van der Waals surface area contributed by atoms with Gasteiger partial charge in [0.1, 0.15) is 23.9 Å². The van der Waals surface area contributed by atoms with Gasteiger partial charge in [-0.3, -0.25) is 4.79 Å². The minimum Gasteiger partial charge on any atom is -0.489 e. The molecule has 134 valence electrons. The van der Waals surface area contributed by atoms with Crippen molar-refractivity contribution in [2.24, 2.45) is 0 Å². The lowest BCUT2D eigenvalue weighted by atomic mass is 10.1. The van der Waals surface area contributed by atoms with Crippen molar-refractivity contribution in [3.05, 3.63) is 100 Å². The number of fused-ring (bicyclic) bond motifs is 1. The number of benzene rings is 3. The van der Waals surface area contributed by atoms with E-state index in [1.54, 1.807) is 48.5 Å². The van der Waals surface area contributed by atoms with Crippen LogP contribution in [-0.2, 0) is 6.61 Å². The number of halogens is 2. The van der Waals surface area contributed by atoms with Gasteiger partial charge in [0.05, 0.1) is 5.56 Å². The molecule has 0 aromatic heterocycles. The highest BCUT2D eigenvalue weighted by Gasteiger charge is 2.28. The first-order chi connectivity index (χ1) is 13.1. The Labute approximate surface area is 160 Å². The third kappa shape index (κ3) is 3.71. The zero-order valence-corrected chi connectivity index (χ0v) is 14.9. The Balaban J connectivity index is 1.52. The fourth-order valence-electron chi connectivity index (χ4n) is 2.74. The van der Waals surface area contributed by atoms with Crippen molar-refractivity contribution in [3.63, 3.8) is 0 Å². The molecule has 3 aromatic carbocycles. The van der Waals surface area contributed by atoms with E-state index in [1.807, 2.05) is 12.1 Å². The molecule has 0 radical (unpaired) electrons. The van der Waals surface area contributed by atoms with Crippen molar-refractivity contribution in [1.29, 1.82) is 0 Å². The number of allylic oxidation sites excluding steroid dienone is 1. The van der Waals surface area contributed by atoms with Gasteiger partial charge in [-0.15, -0.1) is 0 Å². The molecule has 0 saturated heterocycles. The van der Waals surface area contributed by atoms with Crippen LogP contribution in [0.1, 0.15) is 21.5 Å². The van der Waals surface area contributed by atoms with Crippen LogP contribution in [0.3, 0.4) is 0 Å². The van der Waals surface area contributed by atoms with E-state index in [9.17, 15) is 9.18 Å². The Morgan fingerprint density at radius 2 is 1.81 bits per heavy atom. The predicted octanol–water partition coefficient (Wildman–Crippen LogP) is 5.67. The number of ketones is 1. The Morgan fingerprint density at radius 1 is 1.04 bits per heavy atom. The molecule has 0 saturated carbocycles. The molecule has 3 nitrogen and oxygen atoms in total. The number of Topliss-reactive ketones (excluding diaryl/α,β-unsaturated/α-hetero) is 1. The van der Waals surface area contributed by atoms with Crippen molar-refractivity contribution in [2.75, 3.05) is 0 Å². The van der Waals surface area contributed by atoms with Crippen molar-refractivity contribution >= 4 is 23.5 Å². The summed E-state index contributed by atoms with van der Waals surface area (Å²) in [6.45, 7) is 0.363. The second kappa shape index (κ2) is 7.25. The van der Waals surface area contributed by atoms with Gasteiger partial charge in [0, 0.05) is 16.7 Å². The molecule has 1 aliphatic rings. The summed E-state index contributed by atoms with van der Waals surface area (Å²) in [5.41, 5.74) is 1.70. The molecule has 3 aromatic rings. The van der Waals surface area contributed by atoms with Crippen molar-refractivity contribution in [2.45, 2.75) is 6.61 Å². The number of hydrogen-bond donors (Lipinski definition) is 0. The SMILES string of the molecule is O=C1/C(=C/c2ccccc2F)Oc2cc(OCc3ccc(Cl)cc3)ccc21. The predicted molar refractivity (Wildman–Crippen MR) is 102 cm³/mol. The largest absolute Gasteiger partial charge is 0.489 e. The number of rotatable bonds is 4. The molecule has 4 rings (SSSR count). The lowest BCUT2D eigenvalue weighted by molar-refractivity contribution is 0.101. The summed E-state index contributed by atoms with van der Waals surface area (Å²) in [4.78, 5) is 12.5. The lowest BCUT2D eigenvalue weighted by Crippen LogP contribution is -1.98. The molecule has 0 bridgehead atoms. The second-order valence-electron chi connectivity index (χ2n) is 6.03.